The summed E-state index contributed by atoms with van der Waals surface area (Å²) in [7, 11) is 0. The van der Waals surface area contributed by atoms with Gasteiger partial charge < -0.3 is 14.3 Å². The van der Waals surface area contributed by atoms with Crippen LogP contribution in [0.4, 0.5) is 5.69 Å². The fourth-order valence-electron chi connectivity index (χ4n) is 3.51. The first-order chi connectivity index (χ1) is 12.7. The second-order valence-electron chi connectivity index (χ2n) is 6.64. The Morgan fingerprint density at radius 1 is 1.31 bits per heavy atom. The molecule has 1 fully saturated rings. The highest BCUT2D eigenvalue weighted by atomic mass is 16.3. The number of aromatic nitrogens is 2. The first-order valence-electron chi connectivity index (χ1n) is 8.87. The summed E-state index contributed by atoms with van der Waals surface area (Å²) in [4.78, 5) is 19.2. The number of nitrogens with one attached hydrogen (secondary N) is 1. The second kappa shape index (κ2) is 7.17. The predicted molar refractivity (Wildman–Crippen MR) is 99.1 cm³/mol. The number of amides is 1. The molecule has 134 valence electrons. The van der Waals surface area contributed by atoms with E-state index in [1.165, 1.54) is 0 Å². The summed E-state index contributed by atoms with van der Waals surface area (Å²) in [5.41, 5.74) is 2.94. The maximum absolute atomic E-state index is 12.7. The Bertz CT molecular complexity index is 868. The van der Waals surface area contributed by atoms with Gasteiger partial charge in [-0.05, 0) is 56.6 Å². The maximum Gasteiger partial charge on any atom is 0.241 e. The minimum absolute atomic E-state index is 0.0533. The zero-order valence-electron chi connectivity index (χ0n) is 14.8. The van der Waals surface area contributed by atoms with Gasteiger partial charge in [0.1, 0.15) is 5.82 Å². The molecule has 1 N–H and O–H groups in total. The molecule has 3 heterocycles. The Hall–Kier alpha value is -2.86. The fraction of sp³-hybridized carbons (Fsp3) is 0.300. The van der Waals surface area contributed by atoms with E-state index in [-0.39, 0.29) is 11.9 Å². The molecule has 1 aliphatic heterocycles. The number of benzene rings is 1. The average molecular weight is 350 g/mol. The van der Waals surface area contributed by atoms with Crippen LogP contribution in [0.2, 0.25) is 0 Å². The van der Waals surface area contributed by atoms with E-state index in [9.17, 15) is 4.79 Å². The molecule has 6 heteroatoms. The van der Waals surface area contributed by atoms with Crippen molar-refractivity contribution >= 4 is 11.6 Å². The van der Waals surface area contributed by atoms with Crippen LogP contribution in [-0.2, 0) is 11.3 Å². The molecule has 2 aromatic heterocycles. The van der Waals surface area contributed by atoms with E-state index in [4.69, 9.17) is 4.42 Å². The molecule has 0 bridgehead atoms. The molecule has 1 saturated heterocycles. The van der Waals surface area contributed by atoms with Gasteiger partial charge in [0, 0.05) is 35.9 Å². The first-order valence-corrected chi connectivity index (χ1v) is 8.87. The van der Waals surface area contributed by atoms with Gasteiger partial charge in [-0.1, -0.05) is 0 Å². The van der Waals surface area contributed by atoms with Gasteiger partial charge in [-0.25, -0.2) is 4.98 Å². The molecule has 26 heavy (non-hydrogen) atoms. The Morgan fingerprint density at radius 3 is 2.85 bits per heavy atom. The van der Waals surface area contributed by atoms with Crippen LogP contribution < -0.4 is 5.32 Å². The van der Waals surface area contributed by atoms with Crippen molar-refractivity contribution in [3.63, 3.8) is 0 Å². The number of furan rings is 1. The number of aryl methyl sites for hydroxylation is 1. The van der Waals surface area contributed by atoms with E-state index < -0.39 is 0 Å². The second-order valence-corrected chi connectivity index (χ2v) is 6.64. The number of carbonyl (C=O) groups excluding carboxylic acids is 1. The summed E-state index contributed by atoms with van der Waals surface area (Å²) in [6.45, 7) is 3.64. The topological polar surface area (TPSA) is 63.3 Å². The number of hydrogen-bond acceptors (Lipinski definition) is 4. The van der Waals surface area contributed by atoms with E-state index in [2.05, 4.69) is 15.2 Å². The summed E-state index contributed by atoms with van der Waals surface area (Å²) in [6.07, 6.45) is 9.04. The highest BCUT2D eigenvalue weighted by Gasteiger charge is 2.30. The molecule has 1 amide bonds. The normalized spacial score (nSPS) is 17.5. The van der Waals surface area contributed by atoms with Crippen molar-refractivity contribution in [1.29, 1.82) is 0 Å². The summed E-state index contributed by atoms with van der Waals surface area (Å²) in [5, 5.41) is 3.05. The molecule has 3 aromatic rings. The standard InChI is InChI=1S/C20H22N4O2/c1-15-21-9-11-24(15)18-6-4-17(5-7-18)22-20(25)19-3-2-10-23(19)13-16-8-12-26-14-16/h4-9,11-12,14,19H,2-3,10,13H2,1H3,(H,22,25). The summed E-state index contributed by atoms with van der Waals surface area (Å²) >= 11 is 0. The smallest absolute Gasteiger partial charge is 0.241 e. The van der Waals surface area contributed by atoms with Gasteiger partial charge in [0.05, 0.1) is 18.6 Å². The van der Waals surface area contributed by atoms with Crippen molar-refractivity contribution in [1.82, 2.24) is 14.5 Å². The molecule has 0 saturated carbocycles. The molecule has 1 unspecified atom stereocenters. The molecule has 0 radical (unpaired) electrons. The van der Waals surface area contributed by atoms with Gasteiger partial charge in [0.2, 0.25) is 5.91 Å². The van der Waals surface area contributed by atoms with Crippen molar-refractivity contribution in [3.8, 4) is 5.69 Å². The fourth-order valence-corrected chi connectivity index (χ4v) is 3.51. The monoisotopic (exact) mass is 350 g/mol. The number of hydrogen-bond donors (Lipinski definition) is 1. The highest BCUT2D eigenvalue weighted by Crippen LogP contribution is 2.22. The molecule has 1 aliphatic rings. The van der Waals surface area contributed by atoms with Crippen LogP contribution in [0.1, 0.15) is 24.2 Å². The van der Waals surface area contributed by atoms with Crippen LogP contribution in [-0.4, -0.2) is 32.9 Å². The third-order valence-electron chi connectivity index (χ3n) is 4.87. The summed E-state index contributed by atoms with van der Waals surface area (Å²) in [5.74, 6) is 0.986. The van der Waals surface area contributed by atoms with Crippen molar-refractivity contribution in [2.45, 2.75) is 32.4 Å². The number of imidazole rings is 1. The third kappa shape index (κ3) is 3.41. The van der Waals surface area contributed by atoms with Gasteiger partial charge in [0.25, 0.3) is 0 Å². The summed E-state index contributed by atoms with van der Waals surface area (Å²) < 4.78 is 7.14. The lowest BCUT2D eigenvalue weighted by Gasteiger charge is -2.23. The Labute approximate surface area is 152 Å². The van der Waals surface area contributed by atoms with E-state index in [0.717, 1.165) is 48.7 Å². The molecule has 4 rings (SSSR count). The number of likely N-dealkylation sites (tertiary alicyclic amines) is 1. The largest absolute Gasteiger partial charge is 0.472 e. The predicted octanol–water partition coefficient (Wildman–Crippen LogP) is 3.38. The van der Waals surface area contributed by atoms with E-state index >= 15 is 0 Å². The zero-order valence-corrected chi connectivity index (χ0v) is 14.8. The Kier molecular flexibility index (Phi) is 4.58. The van der Waals surface area contributed by atoms with Crippen LogP contribution in [0, 0.1) is 6.92 Å². The van der Waals surface area contributed by atoms with Crippen LogP contribution in [0.25, 0.3) is 5.69 Å². The van der Waals surface area contributed by atoms with E-state index in [0.29, 0.717) is 0 Å². The van der Waals surface area contributed by atoms with Crippen LogP contribution in [0.5, 0.6) is 0 Å². The van der Waals surface area contributed by atoms with Crippen molar-refractivity contribution in [3.05, 3.63) is 66.6 Å². The van der Waals surface area contributed by atoms with E-state index in [1.54, 1.807) is 18.7 Å². The summed E-state index contributed by atoms with van der Waals surface area (Å²) in [6, 6.07) is 9.69. The number of nitrogens with zero attached hydrogens (tertiary/aromatic N) is 3. The highest BCUT2D eigenvalue weighted by molar-refractivity contribution is 5.95. The molecule has 1 aromatic carbocycles. The van der Waals surface area contributed by atoms with E-state index in [1.807, 2.05) is 48.0 Å². The Morgan fingerprint density at radius 2 is 2.15 bits per heavy atom. The molecule has 6 nitrogen and oxygen atoms in total. The van der Waals surface area contributed by atoms with Crippen LogP contribution in [0.15, 0.2) is 59.7 Å². The number of carbonyl (C=O) groups is 1. The molecule has 0 spiro atoms. The number of rotatable bonds is 5. The lowest BCUT2D eigenvalue weighted by molar-refractivity contribution is -0.120. The lowest BCUT2D eigenvalue weighted by atomic mass is 10.2. The quantitative estimate of drug-likeness (QED) is 0.766. The first kappa shape index (κ1) is 16.6. The zero-order chi connectivity index (χ0) is 17.9. The van der Waals surface area contributed by atoms with Gasteiger partial charge in [-0.3, -0.25) is 9.69 Å². The van der Waals surface area contributed by atoms with Crippen molar-refractivity contribution in [2.75, 3.05) is 11.9 Å². The molecule has 1 atom stereocenters. The van der Waals surface area contributed by atoms with Crippen LogP contribution >= 0.6 is 0 Å². The number of anilines is 1. The SMILES string of the molecule is Cc1nccn1-c1ccc(NC(=O)C2CCCN2Cc2ccoc2)cc1. The minimum Gasteiger partial charge on any atom is -0.472 e. The van der Waals surface area contributed by atoms with Crippen molar-refractivity contribution < 1.29 is 9.21 Å². The van der Waals surface area contributed by atoms with Gasteiger partial charge in [-0.2, -0.15) is 0 Å². The Balaban J connectivity index is 1.41. The van der Waals surface area contributed by atoms with Crippen molar-refractivity contribution in [2.24, 2.45) is 0 Å². The molecular weight excluding hydrogens is 328 g/mol. The maximum atomic E-state index is 12.7. The third-order valence-corrected chi connectivity index (χ3v) is 4.87. The average Bonchev–Trinajstić information content (AvgIpc) is 3.38. The van der Waals surface area contributed by atoms with Gasteiger partial charge >= 0.3 is 0 Å². The molecule has 0 aliphatic carbocycles. The van der Waals surface area contributed by atoms with Gasteiger partial charge in [0.15, 0.2) is 0 Å². The van der Waals surface area contributed by atoms with Gasteiger partial charge in [-0.15, -0.1) is 0 Å². The molecular formula is C20H22N4O2. The van der Waals surface area contributed by atoms with Crippen LogP contribution in [0.3, 0.4) is 0 Å². The lowest BCUT2D eigenvalue weighted by Crippen LogP contribution is -2.39. The minimum atomic E-state index is -0.0968.